The monoisotopic (exact) mass is 618 g/mol. The molecule has 1 aliphatic rings. The zero-order valence-corrected chi connectivity index (χ0v) is 25.7. The molecule has 2 heterocycles. The first kappa shape index (κ1) is 30.6. The van der Waals surface area contributed by atoms with Gasteiger partial charge in [-0.25, -0.2) is 8.42 Å². The molecule has 0 bridgehead atoms. The van der Waals surface area contributed by atoms with E-state index in [2.05, 4.69) is 5.10 Å². The van der Waals surface area contributed by atoms with Crippen molar-refractivity contribution >= 4 is 27.7 Å². The van der Waals surface area contributed by atoms with Gasteiger partial charge in [0, 0.05) is 24.2 Å². The van der Waals surface area contributed by atoms with Crippen LogP contribution in [0.4, 0.5) is 5.82 Å². The van der Waals surface area contributed by atoms with Crippen LogP contribution in [0, 0.1) is 0 Å². The molecule has 44 heavy (non-hydrogen) atoms. The second kappa shape index (κ2) is 12.4. The molecule has 1 unspecified atom stereocenters. The number of anilines is 1. The summed E-state index contributed by atoms with van der Waals surface area (Å²) >= 11 is 0. The Morgan fingerprint density at radius 1 is 1.00 bits per heavy atom. The van der Waals surface area contributed by atoms with Crippen molar-refractivity contribution in [1.29, 1.82) is 0 Å². The van der Waals surface area contributed by atoms with Crippen LogP contribution in [0.25, 0.3) is 0 Å². The number of aryl methyl sites for hydroxylation is 2. The van der Waals surface area contributed by atoms with E-state index in [4.69, 9.17) is 19.9 Å². The molecule has 0 saturated heterocycles. The number of fused-ring (bicyclic) bond motifs is 1. The van der Waals surface area contributed by atoms with Crippen LogP contribution in [0.5, 0.6) is 17.2 Å². The van der Waals surface area contributed by atoms with E-state index in [1.54, 1.807) is 49.5 Å². The van der Waals surface area contributed by atoms with Crippen LogP contribution in [-0.2, 0) is 28.3 Å². The number of nitrogens with two attached hydrogens (primary N) is 1. The number of sulfonamides is 1. The van der Waals surface area contributed by atoms with Crippen LogP contribution in [0.3, 0.4) is 0 Å². The highest BCUT2D eigenvalue weighted by atomic mass is 32.2. The number of primary amides is 1. The summed E-state index contributed by atoms with van der Waals surface area (Å²) < 4.78 is 47.0. The molecule has 0 fully saturated rings. The van der Waals surface area contributed by atoms with Crippen molar-refractivity contribution < 1.29 is 32.2 Å². The smallest absolute Gasteiger partial charge is 0.273 e. The zero-order chi connectivity index (χ0) is 31.6. The SMILES string of the molecule is CCCc1cc(C(=O)N(c2ccnn2C)S(=O)(=O)c2ccc(C(C)C)cc2)ccc1OC(C(N)=O)c1ccc2c(c1)OCO2. The minimum atomic E-state index is -4.33. The zero-order valence-electron chi connectivity index (χ0n) is 24.9. The molecule has 2 N–H and O–H groups in total. The lowest BCUT2D eigenvalue weighted by molar-refractivity contribution is -0.125. The number of aromatic nitrogens is 2. The number of amides is 2. The Kier molecular flexibility index (Phi) is 8.63. The maximum absolute atomic E-state index is 14.1. The molecule has 0 saturated carbocycles. The summed E-state index contributed by atoms with van der Waals surface area (Å²) in [6, 6.07) is 17.5. The fourth-order valence-corrected chi connectivity index (χ4v) is 6.38. The van der Waals surface area contributed by atoms with Crippen LogP contribution in [0.1, 0.15) is 66.3 Å². The van der Waals surface area contributed by atoms with E-state index < -0.39 is 27.9 Å². The largest absolute Gasteiger partial charge is 0.476 e. The number of carbonyl (C=O) groups excluding carboxylic acids is 2. The van der Waals surface area contributed by atoms with E-state index in [0.29, 0.717) is 41.2 Å². The highest BCUT2D eigenvalue weighted by molar-refractivity contribution is 7.93. The lowest BCUT2D eigenvalue weighted by atomic mass is 10.0. The van der Waals surface area contributed by atoms with E-state index in [-0.39, 0.29) is 29.0 Å². The predicted molar refractivity (Wildman–Crippen MR) is 163 cm³/mol. The average molecular weight is 619 g/mol. The van der Waals surface area contributed by atoms with Gasteiger partial charge < -0.3 is 19.9 Å². The lowest BCUT2D eigenvalue weighted by Gasteiger charge is -2.24. The maximum atomic E-state index is 14.1. The molecule has 1 aliphatic heterocycles. The molecule has 12 heteroatoms. The quantitative estimate of drug-likeness (QED) is 0.251. The van der Waals surface area contributed by atoms with Gasteiger partial charge in [0.2, 0.25) is 12.9 Å². The van der Waals surface area contributed by atoms with Crippen LogP contribution in [0.2, 0.25) is 0 Å². The first-order valence-electron chi connectivity index (χ1n) is 14.2. The molecule has 4 aromatic rings. The van der Waals surface area contributed by atoms with Gasteiger partial charge in [-0.3, -0.25) is 14.3 Å². The van der Waals surface area contributed by atoms with E-state index in [1.165, 1.54) is 35.1 Å². The van der Waals surface area contributed by atoms with Crippen molar-refractivity contribution in [3.63, 3.8) is 0 Å². The second-order valence-corrected chi connectivity index (χ2v) is 12.5. The topological polar surface area (TPSA) is 143 Å². The van der Waals surface area contributed by atoms with Crippen molar-refractivity contribution in [3.05, 3.63) is 95.2 Å². The van der Waals surface area contributed by atoms with Crippen LogP contribution < -0.4 is 24.2 Å². The molecule has 230 valence electrons. The summed E-state index contributed by atoms with van der Waals surface area (Å²) in [4.78, 5) is 26.5. The highest BCUT2D eigenvalue weighted by Gasteiger charge is 2.34. The van der Waals surface area contributed by atoms with Crippen LogP contribution in [0.15, 0.2) is 77.8 Å². The van der Waals surface area contributed by atoms with Gasteiger partial charge >= 0.3 is 0 Å². The van der Waals surface area contributed by atoms with Crippen molar-refractivity contribution in [3.8, 4) is 17.2 Å². The molecule has 2 amide bonds. The average Bonchev–Trinajstić information content (AvgIpc) is 3.64. The molecule has 0 aliphatic carbocycles. The summed E-state index contributed by atoms with van der Waals surface area (Å²) in [5.41, 5.74) is 7.89. The molecule has 3 aromatic carbocycles. The maximum Gasteiger partial charge on any atom is 0.273 e. The molecule has 0 radical (unpaired) electrons. The number of benzene rings is 3. The van der Waals surface area contributed by atoms with Gasteiger partial charge in [-0.05, 0) is 65.9 Å². The van der Waals surface area contributed by atoms with E-state index >= 15 is 0 Å². The van der Waals surface area contributed by atoms with Gasteiger partial charge in [0.1, 0.15) is 11.6 Å². The molecule has 5 rings (SSSR count). The third-order valence-electron chi connectivity index (χ3n) is 7.30. The third-order valence-corrected chi connectivity index (χ3v) is 9.00. The third kappa shape index (κ3) is 5.98. The van der Waals surface area contributed by atoms with Gasteiger partial charge in [0.05, 0.1) is 11.1 Å². The van der Waals surface area contributed by atoms with E-state index in [1.807, 2.05) is 20.8 Å². The molecule has 0 spiro atoms. The fourth-order valence-electron chi connectivity index (χ4n) is 4.94. The number of hydrogen-bond acceptors (Lipinski definition) is 8. The second-order valence-electron chi connectivity index (χ2n) is 10.7. The predicted octanol–water partition coefficient (Wildman–Crippen LogP) is 4.87. The van der Waals surface area contributed by atoms with E-state index in [9.17, 15) is 18.0 Å². The Hall–Kier alpha value is -4.84. The van der Waals surface area contributed by atoms with Crippen molar-refractivity contribution in [2.45, 2.75) is 50.5 Å². The number of carbonyl (C=O) groups is 2. The van der Waals surface area contributed by atoms with Crippen molar-refractivity contribution in [1.82, 2.24) is 9.78 Å². The molecular formula is C32H34N4O7S. The molecule has 1 atom stereocenters. The standard InChI is InChI=1S/C32H34N4O7S/c1-5-6-22-17-24(10-13-26(22)43-30(31(33)37)23-9-14-27-28(18-23)42-19-41-27)32(38)36(29-15-16-34-35(29)4)44(39,40)25-11-7-21(8-12-25)20(2)3/h7-18,20,30H,5-6,19H2,1-4H3,(H2,33,37). The minimum Gasteiger partial charge on any atom is -0.476 e. The molecular weight excluding hydrogens is 584 g/mol. The summed E-state index contributed by atoms with van der Waals surface area (Å²) in [6.07, 6.45) is 1.44. The van der Waals surface area contributed by atoms with Gasteiger partial charge in [-0.2, -0.15) is 9.40 Å². The molecule has 11 nitrogen and oxygen atoms in total. The number of nitrogens with zero attached hydrogens (tertiary/aromatic N) is 3. The Balaban J connectivity index is 1.52. The Labute approximate surface area is 256 Å². The van der Waals surface area contributed by atoms with Gasteiger partial charge in [-0.15, -0.1) is 0 Å². The fraction of sp³-hybridized carbons (Fsp3) is 0.281. The first-order chi connectivity index (χ1) is 21.0. The van der Waals surface area contributed by atoms with Gasteiger partial charge in [0.15, 0.2) is 11.5 Å². The lowest BCUT2D eigenvalue weighted by Crippen LogP contribution is -2.38. The summed E-state index contributed by atoms with van der Waals surface area (Å²) in [5.74, 6) is 0.160. The Bertz CT molecular complexity index is 1800. The minimum absolute atomic E-state index is 0.0294. The highest BCUT2D eigenvalue weighted by Crippen LogP contribution is 2.36. The van der Waals surface area contributed by atoms with Crippen LogP contribution in [-0.4, -0.2) is 36.8 Å². The van der Waals surface area contributed by atoms with Gasteiger partial charge in [-0.1, -0.05) is 45.4 Å². The normalized spacial score (nSPS) is 13.1. The Morgan fingerprint density at radius 3 is 2.34 bits per heavy atom. The number of hydrogen-bond donors (Lipinski definition) is 1. The number of rotatable bonds is 11. The van der Waals surface area contributed by atoms with Crippen molar-refractivity contribution in [2.24, 2.45) is 12.8 Å². The summed E-state index contributed by atoms with van der Waals surface area (Å²) in [5, 5.41) is 4.10. The van der Waals surface area contributed by atoms with Crippen LogP contribution >= 0.6 is 0 Å². The summed E-state index contributed by atoms with van der Waals surface area (Å²) in [6.45, 7) is 6.05. The van der Waals surface area contributed by atoms with E-state index in [0.717, 1.165) is 9.87 Å². The summed E-state index contributed by atoms with van der Waals surface area (Å²) in [7, 11) is -2.77. The molecule has 1 aromatic heterocycles. The first-order valence-corrected chi connectivity index (χ1v) is 15.6. The number of ether oxygens (including phenoxy) is 3. The van der Waals surface area contributed by atoms with Gasteiger partial charge in [0.25, 0.3) is 21.8 Å². The van der Waals surface area contributed by atoms with Crippen molar-refractivity contribution in [2.75, 3.05) is 11.1 Å². The Morgan fingerprint density at radius 2 is 1.70 bits per heavy atom.